The summed E-state index contributed by atoms with van der Waals surface area (Å²) in [5.41, 5.74) is 0.441. The van der Waals surface area contributed by atoms with Gasteiger partial charge in [-0.05, 0) is 24.5 Å². The fraction of sp³-hybridized carbons (Fsp3) is 0.600. The van der Waals surface area contributed by atoms with E-state index in [4.69, 9.17) is 14.2 Å². The molecular formula is C20H29NO5S. The molecule has 27 heavy (non-hydrogen) atoms. The Morgan fingerprint density at radius 1 is 1.19 bits per heavy atom. The van der Waals surface area contributed by atoms with E-state index in [1.807, 2.05) is 13.8 Å². The van der Waals surface area contributed by atoms with Crippen LogP contribution in [0.15, 0.2) is 18.2 Å². The number of methoxy groups -OCH3 is 2. The number of hydrogen-bond donors (Lipinski definition) is 0. The molecule has 2 rings (SSSR count). The minimum absolute atomic E-state index is 0.0451. The molecule has 150 valence electrons. The van der Waals surface area contributed by atoms with E-state index in [1.54, 1.807) is 49.1 Å². The summed E-state index contributed by atoms with van der Waals surface area (Å²) in [6.07, 6.45) is 1.75. The molecule has 1 aromatic rings. The van der Waals surface area contributed by atoms with E-state index in [1.165, 1.54) is 0 Å². The number of rotatable bonds is 8. The predicted molar refractivity (Wildman–Crippen MR) is 106 cm³/mol. The SMILES string of the molecule is CCCC1SCC(C(=O)OCC(C)C)N1C(=O)c1cc(OC)cc(OC)c1. The molecule has 1 aliphatic heterocycles. The normalized spacial score (nSPS) is 19.3. The first kappa shape index (κ1) is 21.4. The van der Waals surface area contributed by atoms with Crippen LogP contribution in [-0.4, -0.2) is 54.8 Å². The van der Waals surface area contributed by atoms with Crippen LogP contribution < -0.4 is 9.47 Å². The largest absolute Gasteiger partial charge is 0.497 e. The first-order valence-electron chi connectivity index (χ1n) is 9.25. The Hall–Kier alpha value is -1.89. The molecule has 7 heteroatoms. The molecule has 1 saturated heterocycles. The molecule has 2 atom stereocenters. The third-order valence-electron chi connectivity index (χ3n) is 4.29. The molecule has 1 amide bonds. The summed E-state index contributed by atoms with van der Waals surface area (Å²) in [7, 11) is 3.08. The third-order valence-corrected chi connectivity index (χ3v) is 5.65. The van der Waals surface area contributed by atoms with Crippen molar-refractivity contribution in [2.24, 2.45) is 5.92 Å². The number of esters is 1. The van der Waals surface area contributed by atoms with Crippen LogP contribution in [0.4, 0.5) is 0 Å². The zero-order valence-corrected chi connectivity index (χ0v) is 17.5. The Kier molecular flexibility index (Phi) is 7.83. The molecule has 2 unspecified atom stereocenters. The summed E-state index contributed by atoms with van der Waals surface area (Å²) >= 11 is 1.63. The van der Waals surface area contributed by atoms with Gasteiger partial charge in [0.05, 0.1) is 26.2 Å². The lowest BCUT2D eigenvalue weighted by Crippen LogP contribution is -2.46. The molecule has 1 fully saturated rings. The van der Waals surface area contributed by atoms with Gasteiger partial charge in [-0.25, -0.2) is 4.79 Å². The summed E-state index contributed by atoms with van der Waals surface area (Å²) < 4.78 is 16.0. The van der Waals surface area contributed by atoms with Crippen LogP contribution >= 0.6 is 11.8 Å². The number of thioether (sulfide) groups is 1. The van der Waals surface area contributed by atoms with E-state index in [0.717, 1.165) is 12.8 Å². The van der Waals surface area contributed by atoms with Gasteiger partial charge in [-0.15, -0.1) is 11.8 Å². The molecule has 0 aromatic heterocycles. The van der Waals surface area contributed by atoms with E-state index >= 15 is 0 Å². The van der Waals surface area contributed by atoms with E-state index in [9.17, 15) is 9.59 Å². The van der Waals surface area contributed by atoms with E-state index in [2.05, 4.69) is 6.92 Å². The fourth-order valence-corrected chi connectivity index (χ4v) is 4.42. The zero-order valence-electron chi connectivity index (χ0n) is 16.7. The van der Waals surface area contributed by atoms with Gasteiger partial charge in [-0.1, -0.05) is 27.2 Å². The second-order valence-corrected chi connectivity index (χ2v) is 8.14. The Morgan fingerprint density at radius 2 is 1.81 bits per heavy atom. The topological polar surface area (TPSA) is 65.1 Å². The minimum Gasteiger partial charge on any atom is -0.497 e. The highest BCUT2D eigenvalue weighted by atomic mass is 32.2. The van der Waals surface area contributed by atoms with Crippen molar-refractivity contribution in [3.8, 4) is 11.5 Å². The lowest BCUT2D eigenvalue weighted by molar-refractivity contribution is -0.149. The second kappa shape index (κ2) is 9.88. The molecule has 1 aliphatic rings. The molecule has 1 aromatic carbocycles. The lowest BCUT2D eigenvalue weighted by Gasteiger charge is -2.28. The van der Waals surface area contributed by atoms with Crippen molar-refractivity contribution in [2.45, 2.75) is 45.0 Å². The summed E-state index contributed by atoms with van der Waals surface area (Å²) in [6.45, 7) is 6.40. The standard InChI is InChI=1S/C20H29NO5S/c1-6-7-18-21(17(12-27-18)20(23)26-11-13(2)3)19(22)14-8-15(24-4)10-16(9-14)25-5/h8-10,13,17-18H,6-7,11-12H2,1-5H3. The van der Waals surface area contributed by atoms with Crippen molar-refractivity contribution in [3.63, 3.8) is 0 Å². The fourth-order valence-electron chi connectivity index (χ4n) is 2.91. The number of hydrogen-bond acceptors (Lipinski definition) is 6. The number of nitrogens with zero attached hydrogens (tertiary/aromatic N) is 1. The molecule has 1 heterocycles. The number of amides is 1. The van der Waals surface area contributed by atoms with Crippen LogP contribution in [0.3, 0.4) is 0 Å². The Balaban J connectivity index is 2.30. The molecular weight excluding hydrogens is 366 g/mol. The summed E-state index contributed by atoms with van der Waals surface area (Å²) in [5, 5.41) is -0.0451. The summed E-state index contributed by atoms with van der Waals surface area (Å²) in [4.78, 5) is 27.6. The van der Waals surface area contributed by atoms with Gasteiger partial charge in [-0.3, -0.25) is 4.79 Å². The lowest BCUT2D eigenvalue weighted by atomic mass is 10.1. The van der Waals surface area contributed by atoms with Crippen LogP contribution in [0, 0.1) is 5.92 Å². The maximum atomic E-state index is 13.3. The number of carbonyl (C=O) groups excluding carboxylic acids is 2. The van der Waals surface area contributed by atoms with Crippen LogP contribution in [0.5, 0.6) is 11.5 Å². The molecule has 6 nitrogen and oxygen atoms in total. The van der Waals surface area contributed by atoms with E-state index in [-0.39, 0.29) is 23.2 Å². The van der Waals surface area contributed by atoms with Crippen LogP contribution in [-0.2, 0) is 9.53 Å². The van der Waals surface area contributed by atoms with Crippen LogP contribution in [0.2, 0.25) is 0 Å². The van der Waals surface area contributed by atoms with Crippen LogP contribution in [0.1, 0.15) is 44.0 Å². The van der Waals surface area contributed by atoms with Crippen molar-refractivity contribution in [1.82, 2.24) is 4.90 Å². The highest BCUT2D eigenvalue weighted by Crippen LogP contribution is 2.35. The van der Waals surface area contributed by atoms with Crippen molar-refractivity contribution < 1.29 is 23.8 Å². The molecule has 0 bridgehead atoms. The predicted octanol–water partition coefficient (Wildman–Crippen LogP) is 3.59. The van der Waals surface area contributed by atoms with Gasteiger partial charge in [0.1, 0.15) is 17.5 Å². The van der Waals surface area contributed by atoms with Crippen molar-refractivity contribution in [2.75, 3.05) is 26.6 Å². The molecule has 0 saturated carbocycles. The van der Waals surface area contributed by atoms with Gasteiger partial charge in [0.2, 0.25) is 0 Å². The summed E-state index contributed by atoms with van der Waals surface area (Å²) in [5.74, 6) is 1.33. The maximum absolute atomic E-state index is 13.3. The van der Waals surface area contributed by atoms with Crippen LogP contribution in [0.25, 0.3) is 0 Å². The number of benzene rings is 1. The third kappa shape index (κ3) is 5.31. The average molecular weight is 396 g/mol. The quantitative estimate of drug-likeness (QED) is 0.627. The Morgan fingerprint density at radius 3 is 2.33 bits per heavy atom. The Bertz CT molecular complexity index is 642. The molecule has 0 N–H and O–H groups in total. The van der Waals surface area contributed by atoms with Gasteiger partial charge < -0.3 is 19.1 Å². The maximum Gasteiger partial charge on any atom is 0.329 e. The van der Waals surface area contributed by atoms with Crippen molar-refractivity contribution >= 4 is 23.6 Å². The van der Waals surface area contributed by atoms with Gasteiger partial charge >= 0.3 is 5.97 Å². The van der Waals surface area contributed by atoms with Crippen molar-refractivity contribution in [1.29, 1.82) is 0 Å². The molecule has 0 radical (unpaired) electrons. The minimum atomic E-state index is -0.574. The molecule has 0 spiro atoms. The van der Waals surface area contributed by atoms with Gasteiger partial charge in [0.15, 0.2) is 0 Å². The van der Waals surface area contributed by atoms with Gasteiger partial charge in [0, 0.05) is 17.4 Å². The monoisotopic (exact) mass is 395 g/mol. The summed E-state index contributed by atoms with van der Waals surface area (Å²) in [6, 6.07) is 4.49. The van der Waals surface area contributed by atoms with E-state index < -0.39 is 6.04 Å². The first-order valence-corrected chi connectivity index (χ1v) is 10.3. The van der Waals surface area contributed by atoms with Crippen molar-refractivity contribution in [3.05, 3.63) is 23.8 Å². The van der Waals surface area contributed by atoms with Gasteiger partial charge in [-0.2, -0.15) is 0 Å². The van der Waals surface area contributed by atoms with E-state index in [0.29, 0.717) is 29.4 Å². The highest BCUT2D eigenvalue weighted by molar-refractivity contribution is 8.00. The zero-order chi connectivity index (χ0) is 20.0. The average Bonchev–Trinajstić information content (AvgIpc) is 3.08. The van der Waals surface area contributed by atoms with Gasteiger partial charge in [0.25, 0.3) is 5.91 Å². The highest BCUT2D eigenvalue weighted by Gasteiger charge is 2.42. The number of carbonyl (C=O) groups is 2. The second-order valence-electron chi connectivity index (χ2n) is 6.93. The Labute approximate surface area is 165 Å². The molecule has 0 aliphatic carbocycles. The number of ether oxygens (including phenoxy) is 3. The smallest absolute Gasteiger partial charge is 0.329 e. The first-order chi connectivity index (χ1) is 12.9.